The van der Waals surface area contributed by atoms with E-state index in [1.807, 2.05) is 36.4 Å². The Balaban J connectivity index is 1.58. The standard InChI is InChI=1S/C25H32O5/c1-3-5-18-29-22-12-8-20(9-13-22)19-6-10-21(11-7-19)25(27)16-14-23(15-17-25)30-24(26)28-4-2/h6-13,23,27H,3-5,14-18H2,1-2H3. The molecule has 1 aliphatic rings. The van der Waals surface area contributed by atoms with Crippen molar-refractivity contribution in [2.75, 3.05) is 13.2 Å². The number of hydrogen-bond acceptors (Lipinski definition) is 5. The number of unbranched alkanes of at least 4 members (excludes halogenated alkanes) is 1. The summed E-state index contributed by atoms with van der Waals surface area (Å²) in [6.07, 6.45) is 3.71. The Morgan fingerprint density at radius 2 is 1.60 bits per heavy atom. The number of ether oxygens (including phenoxy) is 3. The van der Waals surface area contributed by atoms with E-state index in [-0.39, 0.29) is 6.10 Å². The fraction of sp³-hybridized carbons (Fsp3) is 0.480. The zero-order valence-corrected chi connectivity index (χ0v) is 17.9. The van der Waals surface area contributed by atoms with Crippen LogP contribution in [0.5, 0.6) is 5.75 Å². The largest absolute Gasteiger partial charge is 0.508 e. The van der Waals surface area contributed by atoms with E-state index in [0.29, 0.717) is 32.3 Å². The third-order valence-electron chi connectivity index (χ3n) is 5.66. The minimum absolute atomic E-state index is 0.193. The second kappa shape index (κ2) is 10.5. The SMILES string of the molecule is CCCCOc1ccc(-c2ccc(C3(O)CCC(OC(=O)OCC)CC3)cc2)cc1. The molecule has 1 saturated carbocycles. The van der Waals surface area contributed by atoms with Gasteiger partial charge in [-0.05, 0) is 67.9 Å². The second-order valence-corrected chi connectivity index (χ2v) is 7.84. The van der Waals surface area contributed by atoms with Crippen LogP contribution in [0.2, 0.25) is 0 Å². The van der Waals surface area contributed by atoms with Crippen LogP contribution in [0.3, 0.4) is 0 Å². The molecule has 5 heteroatoms. The van der Waals surface area contributed by atoms with Gasteiger partial charge in [-0.3, -0.25) is 0 Å². The maximum Gasteiger partial charge on any atom is 0.508 e. The summed E-state index contributed by atoms with van der Waals surface area (Å²) >= 11 is 0. The summed E-state index contributed by atoms with van der Waals surface area (Å²) < 4.78 is 15.9. The van der Waals surface area contributed by atoms with Gasteiger partial charge in [-0.15, -0.1) is 0 Å². The van der Waals surface area contributed by atoms with Gasteiger partial charge in [-0.25, -0.2) is 4.79 Å². The number of carbonyl (C=O) groups excluding carboxylic acids is 1. The highest BCUT2D eigenvalue weighted by Crippen LogP contribution is 2.38. The molecule has 0 saturated heterocycles. The van der Waals surface area contributed by atoms with E-state index in [4.69, 9.17) is 14.2 Å². The topological polar surface area (TPSA) is 65.0 Å². The fourth-order valence-corrected chi connectivity index (χ4v) is 3.81. The lowest BCUT2D eigenvalue weighted by Gasteiger charge is -2.36. The molecule has 1 fully saturated rings. The summed E-state index contributed by atoms with van der Waals surface area (Å²) in [6.45, 7) is 4.95. The molecule has 2 aromatic carbocycles. The van der Waals surface area contributed by atoms with Crippen molar-refractivity contribution in [2.24, 2.45) is 0 Å². The van der Waals surface area contributed by atoms with Gasteiger partial charge in [0, 0.05) is 0 Å². The van der Waals surface area contributed by atoms with Crippen LogP contribution in [0.1, 0.15) is 57.9 Å². The zero-order chi connectivity index (χ0) is 21.4. The van der Waals surface area contributed by atoms with Gasteiger partial charge in [-0.2, -0.15) is 0 Å². The highest BCUT2D eigenvalue weighted by atomic mass is 16.7. The van der Waals surface area contributed by atoms with Gasteiger partial charge in [-0.1, -0.05) is 49.7 Å². The van der Waals surface area contributed by atoms with Crippen molar-refractivity contribution in [3.8, 4) is 16.9 Å². The molecule has 30 heavy (non-hydrogen) atoms. The highest BCUT2D eigenvalue weighted by Gasteiger charge is 2.36. The van der Waals surface area contributed by atoms with Gasteiger partial charge >= 0.3 is 6.16 Å². The summed E-state index contributed by atoms with van der Waals surface area (Å²) in [6, 6.07) is 16.2. The molecular formula is C25H32O5. The minimum atomic E-state index is -0.885. The third kappa shape index (κ3) is 5.76. The van der Waals surface area contributed by atoms with Crippen LogP contribution in [0.4, 0.5) is 4.79 Å². The highest BCUT2D eigenvalue weighted by molar-refractivity contribution is 5.64. The molecule has 0 atom stereocenters. The smallest absolute Gasteiger partial charge is 0.494 e. The Labute approximate surface area is 179 Å². The van der Waals surface area contributed by atoms with Crippen LogP contribution >= 0.6 is 0 Å². The van der Waals surface area contributed by atoms with E-state index in [9.17, 15) is 9.90 Å². The first-order valence-electron chi connectivity index (χ1n) is 10.9. The first-order chi connectivity index (χ1) is 14.5. The molecule has 0 aliphatic heterocycles. The molecule has 0 radical (unpaired) electrons. The van der Waals surface area contributed by atoms with Crippen molar-refractivity contribution in [2.45, 2.75) is 64.1 Å². The van der Waals surface area contributed by atoms with Crippen LogP contribution in [0.15, 0.2) is 48.5 Å². The third-order valence-corrected chi connectivity index (χ3v) is 5.66. The number of carbonyl (C=O) groups is 1. The second-order valence-electron chi connectivity index (χ2n) is 7.84. The monoisotopic (exact) mass is 412 g/mol. The Morgan fingerprint density at radius 3 is 2.17 bits per heavy atom. The lowest BCUT2D eigenvalue weighted by molar-refractivity contribution is -0.0530. The summed E-state index contributed by atoms with van der Waals surface area (Å²) in [5.74, 6) is 0.889. The van der Waals surface area contributed by atoms with Crippen molar-refractivity contribution >= 4 is 6.16 Å². The number of hydrogen-bond donors (Lipinski definition) is 1. The van der Waals surface area contributed by atoms with Gasteiger partial charge in [0.15, 0.2) is 0 Å². The van der Waals surface area contributed by atoms with Gasteiger partial charge in [0.25, 0.3) is 0 Å². The quantitative estimate of drug-likeness (QED) is 0.436. The molecule has 1 aliphatic carbocycles. The molecule has 3 rings (SSSR count). The molecule has 1 N–H and O–H groups in total. The van der Waals surface area contributed by atoms with Crippen LogP contribution in [0.25, 0.3) is 11.1 Å². The predicted octanol–water partition coefficient (Wildman–Crippen LogP) is 5.84. The molecule has 162 valence electrons. The van der Waals surface area contributed by atoms with Gasteiger partial charge in [0.05, 0.1) is 18.8 Å². The van der Waals surface area contributed by atoms with Gasteiger partial charge in [0.1, 0.15) is 11.9 Å². The maximum atomic E-state index is 11.5. The zero-order valence-electron chi connectivity index (χ0n) is 17.9. The number of aliphatic hydroxyl groups is 1. The van der Waals surface area contributed by atoms with Crippen LogP contribution in [-0.2, 0) is 15.1 Å². The van der Waals surface area contributed by atoms with Crippen molar-refractivity contribution in [1.82, 2.24) is 0 Å². The number of rotatable bonds is 8. The Morgan fingerprint density at radius 1 is 1.00 bits per heavy atom. The maximum absolute atomic E-state index is 11.5. The minimum Gasteiger partial charge on any atom is -0.494 e. The Kier molecular flexibility index (Phi) is 7.75. The van der Waals surface area contributed by atoms with E-state index in [1.54, 1.807) is 6.92 Å². The Bertz CT molecular complexity index is 789. The molecule has 5 nitrogen and oxygen atoms in total. The fourth-order valence-electron chi connectivity index (χ4n) is 3.81. The van der Waals surface area contributed by atoms with Crippen molar-refractivity contribution in [3.05, 3.63) is 54.1 Å². The van der Waals surface area contributed by atoms with Crippen LogP contribution in [0, 0.1) is 0 Å². The molecule has 0 aromatic heterocycles. The molecule has 0 amide bonds. The van der Waals surface area contributed by atoms with E-state index >= 15 is 0 Å². The van der Waals surface area contributed by atoms with Crippen LogP contribution in [-0.4, -0.2) is 30.6 Å². The van der Waals surface area contributed by atoms with E-state index < -0.39 is 11.8 Å². The average Bonchev–Trinajstić information content (AvgIpc) is 2.76. The molecule has 0 spiro atoms. The lowest BCUT2D eigenvalue weighted by Crippen LogP contribution is -2.35. The van der Waals surface area contributed by atoms with Gasteiger partial charge in [0.2, 0.25) is 0 Å². The first kappa shape index (κ1) is 22.2. The van der Waals surface area contributed by atoms with Crippen molar-refractivity contribution in [1.29, 1.82) is 0 Å². The number of benzene rings is 2. The summed E-state index contributed by atoms with van der Waals surface area (Å²) in [5, 5.41) is 11.1. The predicted molar refractivity (Wildman–Crippen MR) is 117 cm³/mol. The van der Waals surface area contributed by atoms with E-state index in [2.05, 4.69) is 19.1 Å². The average molecular weight is 413 g/mol. The first-order valence-corrected chi connectivity index (χ1v) is 10.9. The molecule has 2 aromatic rings. The summed E-state index contributed by atoms with van der Waals surface area (Å²) in [4.78, 5) is 11.5. The summed E-state index contributed by atoms with van der Waals surface area (Å²) in [7, 11) is 0. The molecule has 0 heterocycles. The normalized spacial score (nSPS) is 21.1. The van der Waals surface area contributed by atoms with Crippen molar-refractivity contribution in [3.63, 3.8) is 0 Å². The van der Waals surface area contributed by atoms with Crippen molar-refractivity contribution < 1.29 is 24.1 Å². The molecular weight excluding hydrogens is 380 g/mol. The lowest BCUT2D eigenvalue weighted by atomic mass is 9.78. The molecule has 0 unspecified atom stereocenters. The van der Waals surface area contributed by atoms with Gasteiger partial charge < -0.3 is 19.3 Å². The van der Waals surface area contributed by atoms with E-state index in [1.165, 1.54) is 0 Å². The molecule has 0 bridgehead atoms. The Hall–Kier alpha value is -2.53. The van der Waals surface area contributed by atoms with E-state index in [0.717, 1.165) is 41.9 Å². The van der Waals surface area contributed by atoms with Crippen LogP contribution < -0.4 is 4.74 Å². The summed E-state index contributed by atoms with van der Waals surface area (Å²) in [5.41, 5.74) is 2.23.